The zero-order valence-corrected chi connectivity index (χ0v) is 19.9. The van der Waals surface area contributed by atoms with Crippen molar-refractivity contribution in [2.75, 3.05) is 12.4 Å². The lowest BCUT2D eigenvalue weighted by Gasteiger charge is -2.31. The average molecular weight is 485 g/mol. The fourth-order valence-electron chi connectivity index (χ4n) is 3.76. The quantitative estimate of drug-likeness (QED) is 0.382. The van der Waals surface area contributed by atoms with Crippen LogP contribution in [0, 0.1) is 12.7 Å². The molecule has 1 unspecified atom stereocenters. The Morgan fingerprint density at radius 2 is 1.78 bits per heavy atom. The van der Waals surface area contributed by atoms with E-state index in [0.29, 0.717) is 17.0 Å². The molecule has 1 N–H and O–H groups in total. The van der Waals surface area contributed by atoms with Crippen molar-refractivity contribution >= 4 is 17.5 Å². The summed E-state index contributed by atoms with van der Waals surface area (Å²) in [6.45, 7) is 2.11. The first kappa shape index (κ1) is 24.5. The number of methoxy groups -OCH3 is 1. The van der Waals surface area contributed by atoms with Gasteiger partial charge in [-0.25, -0.2) is 9.37 Å². The maximum atomic E-state index is 13.7. The number of benzene rings is 3. The average Bonchev–Trinajstić information content (AvgIpc) is 2.91. The van der Waals surface area contributed by atoms with E-state index < -0.39 is 23.7 Å². The minimum Gasteiger partial charge on any atom is -0.497 e. The second kappa shape index (κ2) is 11.2. The largest absolute Gasteiger partial charge is 0.497 e. The van der Waals surface area contributed by atoms with Gasteiger partial charge in [-0.2, -0.15) is 0 Å². The molecule has 182 valence electrons. The van der Waals surface area contributed by atoms with Crippen LogP contribution in [0.5, 0.6) is 5.75 Å². The highest BCUT2D eigenvalue weighted by Crippen LogP contribution is 2.29. The van der Waals surface area contributed by atoms with E-state index in [2.05, 4.69) is 15.3 Å². The molecule has 36 heavy (non-hydrogen) atoms. The van der Waals surface area contributed by atoms with Gasteiger partial charge in [-0.3, -0.25) is 14.6 Å². The fourth-order valence-corrected chi connectivity index (χ4v) is 3.76. The molecule has 4 aromatic rings. The van der Waals surface area contributed by atoms with Crippen molar-refractivity contribution in [3.05, 3.63) is 120 Å². The van der Waals surface area contributed by atoms with E-state index in [1.165, 1.54) is 54.9 Å². The van der Waals surface area contributed by atoms with Gasteiger partial charge in [0.2, 0.25) is 0 Å². The van der Waals surface area contributed by atoms with Crippen LogP contribution in [0.3, 0.4) is 0 Å². The van der Waals surface area contributed by atoms with E-state index in [-0.39, 0.29) is 12.2 Å². The molecule has 1 atom stereocenters. The molecule has 4 rings (SSSR count). The van der Waals surface area contributed by atoms with Crippen molar-refractivity contribution in [3.8, 4) is 5.75 Å². The van der Waals surface area contributed by atoms with Crippen LogP contribution in [0.4, 0.5) is 10.1 Å². The third-order valence-electron chi connectivity index (χ3n) is 5.60. The SMILES string of the molecule is COc1cccc(C(C(=O)Nc2ccc(F)cc2)N(Cc2ccc(C)cc2)C(=O)c2cnccn2)c1. The predicted molar refractivity (Wildman–Crippen MR) is 134 cm³/mol. The van der Waals surface area contributed by atoms with E-state index in [4.69, 9.17) is 4.74 Å². The molecule has 0 saturated carbocycles. The number of nitrogens with one attached hydrogen (secondary N) is 1. The number of carbonyl (C=O) groups is 2. The van der Waals surface area contributed by atoms with Crippen molar-refractivity contribution in [2.24, 2.45) is 0 Å². The van der Waals surface area contributed by atoms with E-state index in [0.717, 1.165) is 11.1 Å². The molecular weight excluding hydrogens is 459 g/mol. The molecule has 0 fully saturated rings. The molecule has 0 aliphatic rings. The first-order valence-corrected chi connectivity index (χ1v) is 11.3. The number of aryl methyl sites for hydroxylation is 1. The lowest BCUT2D eigenvalue weighted by atomic mass is 10.0. The maximum Gasteiger partial charge on any atom is 0.275 e. The Labute approximate surface area is 208 Å². The van der Waals surface area contributed by atoms with Gasteiger partial charge < -0.3 is 15.0 Å². The summed E-state index contributed by atoms with van der Waals surface area (Å²) in [5, 5.41) is 2.81. The second-order valence-corrected chi connectivity index (χ2v) is 8.18. The van der Waals surface area contributed by atoms with E-state index in [1.54, 1.807) is 24.3 Å². The Morgan fingerprint density at radius 3 is 2.44 bits per heavy atom. The second-order valence-electron chi connectivity index (χ2n) is 8.18. The highest BCUT2D eigenvalue weighted by atomic mass is 19.1. The number of hydrogen-bond acceptors (Lipinski definition) is 5. The first-order valence-electron chi connectivity index (χ1n) is 11.3. The normalized spacial score (nSPS) is 11.4. The number of anilines is 1. The summed E-state index contributed by atoms with van der Waals surface area (Å²) in [6.07, 6.45) is 4.27. The minimum absolute atomic E-state index is 0.104. The molecule has 0 saturated heterocycles. The number of amides is 2. The molecule has 1 aromatic heterocycles. The number of rotatable bonds is 8. The standard InChI is InChI=1S/C28H25FN4O3/c1-19-6-8-20(9-7-19)18-33(28(35)25-17-30-14-15-31-25)26(21-4-3-5-24(16-21)36-2)27(34)32-23-12-10-22(29)11-13-23/h3-17,26H,18H2,1-2H3,(H,32,34). The Balaban J connectivity index is 1.80. The van der Waals surface area contributed by atoms with Crippen LogP contribution in [0.1, 0.15) is 33.2 Å². The van der Waals surface area contributed by atoms with E-state index in [1.807, 2.05) is 31.2 Å². The highest BCUT2D eigenvalue weighted by molar-refractivity contribution is 6.00. The number of nitrogens with zero attached hydrogens (tertiary/aromatic N) is 3. The summed E-state index contributed by atoms with van der Waals surface area (Å²) in [5.74, 6) is -0.824. The number of ether oxygens (including phenoxy) is 1. The minimum atomic E-state index is -1.05. The smallest absolute Gasteiger partial charge is 0.275 e. The number of aromatic nitrogens is 2. The number of hydrogen-bond donors (Lipinski definition) is 1. The van der Waals surface area contributed by atoms with Gasteiger partial charge in [0, 0.05) is 24.6 Å². The maximum absolute atomic E-state index is 13.7. The highest BCUT2D eigenvalue weighted by Gasteiger charge is 2.33. The van der Waals surface area contributed by atoms with Crippen molar-refractivity contribution in [1.82, 2.24) is 14.9 Å². The first-order chi connectivity index (χ1) is 17.4. The van der Waals surface area contributed by atoms with Gasteiger partial charge in [0.25, 0.3) is 11.8 Å². The molecule has 7 nitrogen and oxygen atoms in total. The summed E-state index contributed by atoms with van der Waals surface area (Å²) in [5.41, 5.74) is 2.95. The number of halogens is 1. The molecular formula is C28H25FN4O3. The Kier molecular flexibility index (Phi) is 7.65. The van der Waals surface area contributed by atoms with Gasteiger partial charge in [0.05, 0.1) is 13.3 Å². The van der Waals surface area contributed by atoms with Crippen LogP contribution in [0.2, 0.25) is 0 Å². The van der Waals surface area contributed by atoms with Crippen LogP contribution in [0.15, 0.2) is 91.4 Å². The molecule has 0 spiro atoms. The van der Waals surface area contributed by atoms with Crippen LogP contribution >= 0.6 is 0 Å². The van der Waals surface area contributed by atoms with E-state index >= 15 is 0 Å². The summed E-state index contributed by atoms with van der Waals surface area (Å²) in [7, 11) is 1.53. The summed E-state index contributed by atoms with van der Waals surface area (Å²) < 4.78 is 18.8. The Morgan fingerprint density at radius 1 is 1.03 bits per heavy atom. The molecule has 0 radical (unpaired) electrons. The Bertz CT molecular complexity index is 1330. The molecule has 0 bridgehead atoms. The third-order valence-corrected chi connectivity index (χ3v) is 5.60. The molecule has 8 heteroatoms. The van der Waals surface area contributed by atoms with E-state index in [9.17, 15) is 14.0 Å². The van der Waals surface area contributed by atoms with Gasteiger partial charge in [-0.05, 0) is 54.4 Å². The van der Waals surface area contributed by atoms with Gasteiger partial charge >= 0.3 is 0 Å². The third kappa shape index (κ3) is 5.90. The van der Waals surface area contributed by atoms with Gasteiger partial charge in [-0.1, -0.05) is 42.0 Å². The zero-order valence-electron chi connectivity index (χ0n) is 19.9. The van der Waals surface area contributed by atoms with Gasteiger partial charge in [-0.15, -0.1) is 0 Å². The van der Waals surface area contributed by atoms with Crippen molar-refractivity contribution < 1.29 is 18.7 Å². The summed E-state index contributed by atoms with van der Waals surface area (Å²) in [6, 6.07) is 19.1. The van der Waals surface area contributed by atoms with Crippen LogP contribution in [0.25, 0.3) is 0 Å². The molecule has 0 aliphatic heterocycles. The van der Waals surface area contributed by atoms with Crippen LogP contribution in [-0.4, -0.2) is 33.8 Å². The van der Waals surface area contributed by atoms with Gasteiger partial charge in [0.15, 0.2) is 0 Å². The topological polar surface area (TPSA) is 84.4 Å². The molecule has 3 aromatic carbocycles. The Hall–Kier alpha value is -4.59. The molecule has 1 heterocycles. The molecule has 0 aliphatic carbocycles. The molecule has 2 amide bonds. The lowest BCUT2D eigenvalue weighted by molar-refractivity contribution is -0.121. The fraction of sp³-hybridized carbons (Fsp3) is 0.143. The number of carbonyl (C=O) groups excluding carboxylic acids is 2. The summed E-state index contributed by atoms with van der Waals surface area (Å²) in [4.78, 5) is 37.1. The monoisotopic (exact) mass is 484 g/mol. The van der Waals surface area contributed by atoms with Crippen molar-refractivity contribution in [2.45, 2.75) is 19.5 Å². The van der Waals surface area contributed by atoms with Crippen LogP contribution < -0.4 is 10.1 Å². The van der Waals surface area contributed by atoms with Crippen molar-refractivity contribution in [1.29, 1.82) is 0 Å². The lowest BCUT2D eigenvalue weighted by Crippen LogP contribution is -2.41. The zero-order chi connectivity index (χ0) is 25.5. The predicted octanol–water partition coefficient (Wildman–Crippen LogP) is 4.96. The van der Waals surface area contributed by atoms with Gasteiger partial charge in [0.1, 0.15) is 23.3 Å². The van der Waals surface area contributed by atoms with Crippen molar-refractivity contribution in [3.63, 3.8) is 0 Å². The summed E-state index contributed by atoms with van der Waals surface area (Å²) >= 11 is 0. The van der Waals surface area contributed by atoms with Crippen LogP contribution in [-0.2, 0) is 11.3 Å².